The van der Waals surface area contributed by atoms with Gasteiger partial charge in [-0.2, -0.15) is 0 Å². The van der Waals surface area contributed by atoms with E-state index in [1.54, 1.807) is 6.08 Å². The fourth-order valence-electron chi connectivity index (χ4n) is 7.82. The third-order valence-corrected chi connectivity index (χ3v) is 11.7. The van der Waals surface area contributed by atoms with E-state index in [4.69, 9.17) is 0 Å². The molecule has 3 N–H and O–H groups in total. The smallest absolute Gasteiger partial charge is 0.220 e. The number of aliphatic hydroxyl groups excluding tert-OH is 2. The zero-order valence-electron chi connectivity index (χ0n) is 37.5. The molecule has 0 fully saturated rings. The van der Waals surface area contributed by atoms with Crippen LogP contribution in [0, 0.1) is 0 Å². The molecule has 0 aromatic carbocycles. The number of rotatable bonds is 46. The number of carbonyl (C=O) groups excluding carboxylic acids is 1. The molecule has 0 radical (unpaired) electrons. The van der Waals surface area contributed by atoms with Crippen LogP contribution in [0.1, 0.15) is 277 Å². The zero-order valence-corrected chi connectivity index (χ0v) is 37.5. The second-order valence-corrected chi connectivity index (χ2v) is 17.2. The van der Waals surface area contributed by atoms with Gasteiger partial charge in [-0.3, -0.25) is 4.79 Å². The second-order valence-electron chi connectivity index (χ2n) is 17.2. The molecule has 0 spiro atoms. The lowest BCUT2D eigenvalue weighted by Gasteiger charge is -2.20. The summed E-state index contributed by atoms with van der Waals surface area (Å²) in [7, 11) is 0. The summed E-state index contributed by atoms with van der Waals surface area (Å²) >= 11 is 0. The van der Waals surface area contributed by atoms with Gasteiger partial charge in [0.1, 0.15) is 0 Å². The highest BCUT2D eigenvalue weighted by molar-refractivity contribution is 5.76. The van der Waals surface area contributed by atoms with Crippen LogP contribution in [0.4, 0.5) is 0 Å². The lowest BCUT2D eigenvalue weighted by Crippen LogP contribution is -2.45. The van der Waals surface area contributed by atoms with Gasteiger partial charge in [-0.25, -0.2) is 0 Å². The van der Waals surface area contributed by atoms with Crippen molar-refractivity contribution < 1.29 is 15.0 Å². The number of hydrogen-bond acceptors (Lipinski definition) is 3. The number of unbranched alkanes of at least 4 members (excludes halogenated alkanes) is 37. The summed E-state index contributed by atoms with van der Waals surface area (Å²) in [6.45, 7) is 4.33. The molecule has 1 amide bonds. The summed E-state index contributed by atoms with van der Waals surface area (Å²) in [6.07, 6.45) is 61.7. The summed E-state index contributed by atoms with van der Waals surface area (Å²) in [4.78, 5) is 12.4. The lowest BCUT2D eigenvalue weighted by molar-refractivity contribution is -0.123. The molecule has 0 aromatic rings. The standard InChI is InChI=1S/C51H99NO3/c1-3-5-7-9-11-13-15-17-19-21-23-24-25-26-27-29-30-32-34-36-38-40-42-44-46-50(54)49(48-53)52-51(55)47-45-43-41-39-37-35-33-31-28-22-20-18-16-14-12-10-8-6-4-2/h22,28,44,46,49-50,53-54H,3-21,23-27,29-43,45,47-48H2,1-2H3,(H,52,55)/b28-22-,46-44+. The predicted molar refractivity (Wildman–Crippen MR) is 244 cm³/mol. The molecule has 4 heteroatoms. The van der Waals surface area contributed by atoms with Crippen LogP contribution in [0.2, 0.25) is 0 Å². The van der Waals surface area contributed by atoms with Crippen molar-refractivity contribution in [3.8, 4) is 0 Å². The molecule has 0 aliphatic carbocycles. The average Bonchev–Trinajstić information content (AvgIpc) is 3.19. The van der Waals surface area contributed by atoms with Gasteiger partial charge in [-0.05, 0) is 44.9 Å². The highest BCUT2D eigenvalue weighted by atomic mass is 16.3. The highest BCUT2D eigenvalue weighted by Crippen LogP contribution is 2.16. The van der Waals surface area contributed by atoms with Crippen LogP contribution in [0.25, 0.3) is 0 Å². The Hall–Kier alpha value is -1.13. The van der Waals surface area contributed by atoms with Gasteiger partial charge >= 0.3 is 0 Å². The third-order valence-electron chi connectivity index (χ3n) is 11.7. The topological polar surface area (TPSA) is 69.6 Å². The van der Waals surface area contributed by atoms with Crippen LogP contribution in [-0.4, -0.2) is 34.9 Å². The van der Waals surface area contributed by atoms with Crippen molar-refractivity contribution in [3.63, 3.8) is 0 Å². The van der Waals surface area contributed by atoms with Crippen LogP contribution in [-0.2, 0) is 4.79 Å². The molecule has 2 atom stereocenters. The molecule has 0 aliphatic heterocycles. The number of amides is 1. The summed E-state index contributed by atoms with van der Waals surface area (Å²) in [6, 6.07) is -0.623. The van der Waals surface area contributed by atoms with E-state index in [2.05, 4.69) is 31.3 Å². The van der Waals surface area contributed by atoms with Gasteiger partial charge in [0.2, 0.25) is 5.91 Å². The largest absolute Gasteiger partial charge is 0.394 e. The lowest BCUT2D eigenvalue weighted by atomic mass is 10.0. The first-order chi connectivity index (χ1) is 27.2. The summed E-state index contributed by atoms with van der Waals surface area (Å²) in [5.41, 5.74) is 0. The third kappa shape index (κ3) is 43.8. The molecule has 2 unspecified atom stereocenters. The van der Waals surface area contributed by atoms with Crippen LogP contribution in [0.5, 0.6) is 0 Å². The minimum absolute atomic E-state index is 0.0650. The molecule has 0 aliphatic rings. The van der Waals surface area contributed by atoms with Gasteiger partial charge < -0.3 is 15.5 Å². The van der Waals surface area contributed by atoms with Crippen LogP contribution in [0.15, 0.2) is 24.3 Å². The summed E-state index contributed by atoms with van der Waals surface area (Å²) in [5, 5.41) is 23.1. The number of allylic oxidation sites excluding steroid dienone is 3. The maximum Gasteiger partial charge on any atom is 0.220 e. The van der Waals surface area contributed by atoms with Crippen LogP contribution in [0.3, 0.4) is 0 Å². The van der Waals surface area contributed by atoms with E-state index < -0.39 is 12.1 Å². The van der Waals surface area contributed by atoms with Gasteiger partial charge in [0.25, 0.3) is 0 Å². The maximum atomic E-state index is 12.4. The fraction of sp³-hybridized carbons (Fsp3) is 0.902. The maximum absolute atomic E-state index is 12.4. The van der Waals surface area contributed by atoms with E-state index >= 15 is 0 Å². The van der Waals surface area contributed by atoms with Gasteiger partial charge in [-0.15, -0.1) is 0 Å². The number of hydrogen-bond donors (Lipinski definition) is 3. The molecule has 0 rings (SSSR count). The Morgan fingerprint density at radius 1 is 0.418 bits per heavy atom. The summed E-state index contributed by atoms with van der Waals surface area (Å²) in [5.74, 6) is -0.0650. The molecule has 0 bridgehead atoms. The second kappa shape index (κ2) is 47.2. The van der Waals surface area contributed by atoms with Gasteiger partial charge in [0.15, 0.2) is 0 Å². The first-order valence-corrected chi connectivity index (χ1v) is 25.1. The molecule has 0 aromatic heterocycles. The number of aliphatic hydroxyl groups is 2. The average molecular weight is 774 g/mol. The molecule has 4 nitrogen and oxygen atoms in total. The van der Waals surface area contributed by atoms with E-state index in [-0.39, 0.29) is 12.5 Å². The van der Waals surface area contributed by atoms with Crippen molar-refractivity contribution in [2.45, 2.75) is 289 Å². The minimum atomic E-state index is -0.839. The quantitative estimate of drug-likeness (QED) is 0.0426. The van der Waals surface area contributed by atoms with E-state index in [1.807, 2.05) is 6.08 Å². The first kappa shape index (κ1) is 53.9. The van der Waals surface area contributed by atoms with Crippen LogP contribution >= 0.6 is 0 Å². The van der Waals surface area contributed by atoms with Crippen molar-refractivity contribution in [2.75, 3.05) is 6.61 Å². The van der Waals surface area contributed by atoms with Crippen molar-refractivity contribution in [1.29, 1.82) is 0 Å². The fourth-order valence-corrected chi connectivity index (χ4v) is 7.82. The normalized spacial score (nSPS) is 13.0. The predicted octanol–water partition coefficient (Wildman–Crippen LogP) is 16.0. The molecular weight excluding hydrogens is 675 g/mol. The van der Waals surface area contributed by atoms with Crippen molar-refractivity contribution in [2.24, 2.45) is 0 Å². The van der Waals surface area contributed by atoms with E-state index in [9.17, 15) is 15.0 Å². The van der Waals surface area contributed by atoms with E-state index in [1.165, 1.54) is 231 Å². The summed E-state index contributed by atoms with van der Waals surface area (Å²) < 4.78 is 0. The van der Waals surface area contributed by atoms with E-state index in [0.717, 1.165) is 25.7 Å². The highest BCUT2D eigenvalue weighted by Gasteiger charge is 2.18. The van der Waals surface area contributed by atoms with Crippen molar-refractivity contribution >= 4 is 5.91 Å². The van der Waals surface area contributed by atoms with Gasteiger partial charge in [0.05, 0.1) is 18.8 Å². The Morgan fingerprint density at radius 2 is 0.691 bits per heavy atom. The van der Waals surface area contributed by atoms with Crippen molar-refractivity contribution in [3.05, 3.63) is 24.3 Å². The number of carbonyl (C=O) groups is 1. The molecule has 55 heavy (non-hydrogen) atoms. The molecule has 326 valence electrons. The Labute approximate surface area is 345 Å². The van der Waals surface area contributed by atoms with Gasteiger partial charge in [0, 0.05) is 6.42 Å². The van der Waals surface area contributed by atoms with Gasteiger partial charge in [-0.1, -0.05) is 250 Å². The Morgan fingerprint density at radius 3 is 1.00 bits per heavy atom. The SMILES string of the molecule is CCCCCCCCCC/C=C\CCCCCCCCCC(=O)NC(CO)C(O)/C=C/CCCCCCCCCCCCCCCCCCCCCCCC. The minimum Gasteiger partial charge on any atom is -0.394 e. The molecular formula is C51H99NO3. The number of nitrogens with one attached hydrogen (secondary N) is 1. The Kier molecular flexibility index (Phi) is 46.3. The van der Waals surface area contributed by atoms with Crippen LogP contribution < -0.4 is 5.32 Å². The monoisotopic (exact) mass is 774 g/mol. The van der Waals surface area contributed by atoms with E-state index in [0.29, 0.717) is 6.42 Å². The Bertz CT molecular complexity index is 795. The van der Waals surface area contributed by atoms with Crippen molar-refractivity contribution in [1.82, 2.24) is 5.32 Å². The Balaban J connectivity index is 3.51. The molecule has 0 saturated carbocycles. The molecule has 0 heterocycles. The first-order valence-electron chi connectivity index (χ1n) is 25.1. The molecule has 0 saturated heterocycles. The zero-order chi connectivity index (χ0) is 40.0.